The van der Waals surface area contributed by atoms with Crippen molar-refractivity contribution in [1.29, 1.82) is 0 Å². The van der Waals surface area contributed by atoms with Crippen molar-refractivity contribution in [2.45, 2.75) is 20.3 Å². The first kappa shape index (κ1) is 18.8. The second-order valence-electron chi connectivity index (χ2n) is 5.32. The zero-order valence-corrected chi connectivity index (χ0v) is 14.1. The molecule has 0 aromatic heterocycles. The number of Topliss-reactive ketones (excluding diaryl/α,β-unsaturated/α-hetero) is 1. The summed E-state index contributed by atoms with van der Waals surface area (Å²) >= 11 is 0. The van der Waals surface area contributed by atoms with Gasteiger partial charge >= 0.3 is 17.6 Å². The monoisotopic (exact) mass is 357 g/mol. The number of nitro benzene ring substituents is 1. The van der Waals surface area contributed by atoms with Crippen LogP contribution in [0.2, 0.25) is 0 Å². The summed E-state index contributed by atoms with van der Waals surface area (Å²) in [6.07, 6.45) is -0.0753. The first-order valence-corrected chi connectivity index (χ1v) is 7.55. The maximum atomic E-state index is 12.6. The van der Waals surface area contributed by atoms with E-state index in [1.807, 2.05) is 0 Å². The predicted octanol–water partition coefficient (Wildman–Crippen LogP) is 2.87. The van der Waals surface area contributed by atoms with Crippen molar-refractivity contribution >= 4 is 23.4 Å². The standard InChI is InChI=1S/C18H15NO7/c1-11(20)25-16-9-8-14(15(22)10-13-6-4-3-5-7-13)17(19(23)24)18(16)26-12(2)21/h3-9H,10H2,1-2H3. The Balaban J connectivity index is 2.54. The van der Waals surface area contributed by atoms with Crippen LogP contribution in [0.3, 0.4) is 0 Å². The van der Waals surface area contributed by atoms with E-state index in [1.165, 1.54) is 12.1 Å². The first-order chi connectivity index (χ1) is 12.3. The van der Waals surface area contributed by atoms with Crippen LogP contribution in [0.15, 0.2) is 42.5 Å². The number of carbonyl (C=O) groups excluding carboxylic acids is 3. The van der Waals surface area contributed by atoms with Crippen LogP contribution in [0.25, 0.3) is 0 Å². The van der Waals surface area contributed by atoms with Gasteiger partial charge in [-0.15, -0.1) is 0 Å². The fourth-order valence-corrected chi connectivity index (χ4v) is 2.31. The predicted molar refractivity (Wildman–Crippen MR) is 90.2 cm³/mol. The van der Waals surface area contributed by atoms with Crippen LogP contribution in [0.1, 0.15) is 29.8 Å². The van der Waals surface area contributed by atoms with Crippen molar-refractivity contribution < 1.29 is 28.8 Å². The highest BCUT2D eigenvalue weighted by atomic mass is 16.6. The summed E-state index contributed by atoms with van der Waals surface area (Å²) in [7, 11) is 0. The molecule has 8 nitrogen and oxygen atoms in total. The molecule has 0 aliphatic rings. The minimum atomic E-state index is -0.853. The second-order valence-corrected chi connectivity index (χ2v) is 5.32. The Labute approximate surface area is 148 Å². The molecular weight excluding hydrogens is 342 g/mol. The van der Waals surface area contributed by atoms with Gasteiger partial charge in [0.25, 0.3) is 5.75 Å². The molecule has 2 rings (SSSR count). The third kappa shape index (κ3) is 4.50. The molecule has 0 spiro atoms. The minimum Gasteiger partial charge on any atom is -0.422 e. The Hall–Kier alpha value is -3.55. The molecule has 0 atom stereocenters. The van der Waals surface area contributed by atoms with Gasteiger partial charge in [-0.2, -0.15) is 0 Å². The van der Waals surface area contributed by atoms with Crippen LogP contribution in [0.5, 0.6) is 11.5 Å². The Kier molecular flexibility index (Phi) is 5.79. The molecule has 2 aromatic rings. The van der Waals surface area contributed by atoms with E-state index in [0.29, 0.717) is 5.56 Å². The van der Waals surface area contributed by atoms with Crippen LogP contribution in [0.4, 0.5) is 5.69 Å². The van der Waals surface area contributed by atoms with E-state index >= 15 is 0 Å². The molecule has 26 heavy (non-hydrogen) atoms. The van der Waals surface area contributed by atoms with Gasteiger partial charge in [0.15, 0.2) is 11.5 Å². The number of ketones is 1. The highest BCUT2D eigenvalue weighted by molar-refractivity contribution is 6.02. The summed E-state index contributed by atoms with van der Waals surface area (Å²) in [5.41, 5.74) is -0.296. The Bertz CT molecular complexity index is 875. The lowest BCUT2D eigenvalue weighted by Gasteiger charge is -2.11. The van der Waals surface area contributed by atoms with Crippen molar-refractivity contribution in [3.63, 3.8) is 0 Å². The van der Waals surface area contributed by atoms with Crippen molar-refractivity contribution in [1.82, 2.24) is 0 Å². The van der Waals surface area contributed by atoms with Gasteiger partial charge in [-0.25, -0.2) is 0 Å². The summed E-state index contributed by atoms with van der Waals surface area (Å²) in [6, 6.07) is 11.0. The lowest BCUT2D eigenvalue weighted by Crippen LogP contribution is -2.13. The number of rotatable bonds is 6. The van der Waals surface area contributed by atoms with E-state index in [4.69, 9.17) is 9.47 Å². The van der Waals surface area contributed by atoms with Crippen LogP contribution in [0, 0.1) is 10.1 Å². The summed E-state index contributed by atoms with van der Waals surface area (Å²) < 4.78 is 9.73. The van der Waals surface area contributed by atoms with E-state index in [1.54, 1.807) is 30.3 Å². The van der Waals surface area contributed by atoms with Gasteiger partial charge in [-0.1, -0.05) is 30.3 Å². The van der Waals surface area contributed by atoms with Gasteiger partial charge < -0.3 is 9.47 Å². The molecule has 0 heterocycles. The van der Waals surface area contributed by atoms with Gasteiger partial charge in [0.05, 0.1) is 10.5 Å². The van der Waals surface area contributed by atoms with Crippen LogP contribution in [-0.2, 0) is 16.0 Å². The van der Waals surface area contributed by atoms with Gasteiger partial charge in [-0.05, 0) is 17.7 Å². The molecule has 8 heteroatoms. The van der Waals surface area contributed by atoms with E-state index in [-0.39, 0.29) is 17.7 Å². The van der Waals surface area contributed by atoms with Gasteiger partial charge in [0, 0.05) is 20.3 Å². The molecule has 0 unspecified atom stereocenters. The molecule has 0 aliphatic heterocycles. The number of esters is 2. The molecule has 0 aliphatic carbocycles. The topological polar surface area (TPSA) is 113 Å². The van der Waals surface area contributed by atoms with E-state index in [2.05, 4.69) is 0 Å². The van der Waals surface area contributed by atoms with Crippen molar-refractivity contribution in [3.8, 4) is 11.5 Å². The summed E-state index contributed by atoms with van der Waals surface area (Å²) in [6.45, 7) is 2.14. The summed E-state index contributed by atoms with van der Waals surface area (Å²) in [4.78, 5) is 45.8. The number of hydrogen-bond donors (Lipinski definition) is 0. The van der Waals surface area contributed by atoms with Gasteiger partial charge in [0.2, 0.25) is 0 Å². The van der Waals surface area contributed by atoms with Crippen LogP contribution in [-0.4, -0.2) is 22.6 Å². The maximum Gasteiger partial charge on any atom is 0.326 e. The second kappa shape index (κ2) is 8.02. The fourth-order valence-electron chi connectivity index (χ4n) is 2.31. The smallest absolute Gasteiger partial charge is 0.326 e. The molecule has 0 amide bonds. The Morgan fingerprint density at radius 1 is 0.962 bits per heavy atom. The number of nitrogens with zero attached hydrogens (tertiary/aromatic N) is 1. The third-order valence-corrected chi connectivity index (χ3v) is 3.29. The highest BCUT2D eigenvalue weighted by Crippen LogP contribution is 2.40. The zero-order chi connectivity index (χ0) is 19.3. The molecule has 0 N–H and O–H groups in total. The van der Waals surface area contributed by atoms with Crippen molar-refractivity contribution in [3.05, 3.63) is 63.7 Å². The molecule has 0 fully saturated rings. The van der Waals surface area contributed by atoms with E-state index < -0.39 is 34.1 Å². The summed E-state index contributed by atoms with van der Waals surface area (Å²) in [5.74, 6) is -3.02. The largest absolute Gasteiger partial charge is 0.422 e. The number of carbonyl (C=O) groups is 3. The third-order valence-electron chi connectivity index (χ3n) is 3.29. The minimum absolute atomic E-state index is 0.0753. The lowest BCUT2D eigenvalue weighted by atomic mass is 10.0. The number of hydrogen-bond acceptors (Lipinski definition) is 7. The quantitative estimate of drug-likeness (QED) is 0.257. The Morgan fingerprint density at radius 3 is 2.12 bits per heavy atom. The van der Waals surface area contributed by atoms with Gasteiger partial charge in [-0.3, -0.25) is 24.5 Å². The molecular formula is C18H15NO7. The van der Waals surface area contributed by atoms with Gasteiger partial charge in [0.1, 0.15) is 0 Å². The van der Waals surface area contributed by atoms with E-state index in [9.17, 15) is 24.5 Å². The van der Waals surface area contributed by atoms with Crippen LogP contribution < -0.4 is 9.47 Å². The fraction of sp³-hybridized carbons (Fsp3) is 0.167. The normalized spacial score (nSPS) is 10.1. The number of ether oxygens (including phenoxy) is 2. The average Bonchev–Trinajstić information content (AvgIpc) is 2.55. The van der Waals surface area contributed by atoms with E-state index in [0.717, 1.165) is 13.8 Å². The van der Waals surface area contributed by atoms with Crippen molar-refractivity contribution in [2.75, 3.05) is 0 Å². The highest BCUT2D eigenvalue weighted by Gasteiger charge is 2.31. The molecule has 0 bridgehead atoms. The number of benzene rings is 2. The summed E-state index contributed by atoms with van der Waals surface area (Å²) in [5, 5.41) is 11.5. The average molecular weight is 357 g/mol. The molecule has 134 valence electrons. The molecule has 2 aromatic carbocycles. The lowest BCUT2D eigenvalue weighted by molar-refractivity contribution is -0.386. The molecule has 0 saturated heterocycles. The maximum absolute atomic E-state index is 12.6. The number of nitro groups is 1. The van der Waals surface area contributed by atoms with Crippen LogP contribution >= 0.6 is 0 Å². The Morgan fingerprint density at radius 2 is 1.58 bits per heavy atom. The zero-order valence-electron chi connectivity index (χ0n) is 14.1. The van der Waals surface area contributed by atoms with Crippen molar-refractivity contribution in [2.24, 2.45) is 0 Å². The molecule has 0 saturated carbocycles. The molecule has 0 radical (unpaired) electrons. The SMILES string of the molecule is CC(=O)Oc1ccc(C(=O)Cc2ccccc2)c([N+](=O)[O-])c1OC(C)=O. The first-order valence-electron chi connectivity index (χ1n) is 7.55.